The lowest BCUT2D eigenvalue weighted by Crippen LogP contribution is -2.13. The first-order valence-corrected chi connectivity index (χ1v) is 11.4. The van der Waals surface area contributed by atoms with Gasteiger partial charge in [-0.15, -0.1) is 0 Å². The molecule has 0 atom stereocenters. The molecule has 4 heterocycles. The number of amides is 1. The maximum absolute atomic E-state index is 13.2. The molecule has 0 spiro atoms. The number of aromatic nitrogens is 6. The number of carbonyl (C=O) groups excluding carboxylic acids is 1. The quantitative estimate of drug-likeness (QED) is 0.503. The number of benzene rings is 1. The standard InChI is InChI=1S/C24H25N7O/c1-14-13-18(20-23(25-14)31-12-4-2-3-5-19(31)27-20)24(32)26-17-10-8-16(9-11-17)22-28-21(29-30-22)15-6-7-15/h8-11,13,15H,2-7,12H2,1H3,(H,26,32)(H,28,29,30). The van der Waals surface area contributed by atoms with Gasteiger partial charge in [-0.05, 0) is 62.9 Å². The summed E-state index contributed by atoms with van der Waals surface area (Å²) in [7, 11) is 0. The summed E-state index contributed by atoms with van der Waals surface area (Å²) in [6.07, 6.45) is 6.75. The molecule has 0 bridgehead atoms. The van der Waals surface area contributed by atoms with Crippen LogP contribution in [0.1, 0.15) is 65.7 Å². The zero-order valence-corrected chi connectivity index (χ0v) is 18.1. The van der Waals surface area contributed by atoms with Gasteiger partial charge in [0.2, 0.25) is 0 Å². The van der Waals surface area contributed by atoms with Crippen LogP contribution in [0.3, 0.4) is 0 Å². The smallest absolute Gasteiger partial charge is 0.258 e. The van der Waals surface area contributed by atoms with Crippen molar-refractivity contribution in [3.05, 3.63) is 53.2 Å². The Hall–Kier alpha value is -3.55. The van der Waals surface area contributed by atoms with Crippen molar-refractivity contribution in [2.24, 2.45) is 0 Å². The second-order valence-electron chi connectivity index (χ2n) is 8.82. The van der Waals surface area contributed by atoms with Crippen LogP contribution in [-0.4, -0.2) is 35.6 Å². The van der Waals surface area contributed by atoms with Gasteiger partial charge in [-0.3, -0.25) is 9.89 Å². The number of fused-ring (bicyclic) bond motifs is 3. The van der Waals surface area contributed by atoms with Crippen molar-refractivity contribution in [1.29, 1.82) is 0 Å². The lowest BCUT2D eigenvalue weighted by molar-refractivity contribution is 0.102. The van der Waals surface area contributed by atoms with Crippen LogP contribution < -0.4 is 5.32 Å². The molecular formula is C24H25N7O. The van der Waals surface area contributed by atoms with Crippen LogP contribution in [0.15, 0.2) is 30.3 Å². The van der Waals surface area contributed by atoms with E-state index in [0.717, 1.165) is 60.0 Å². The van der Waals surface area contributed by atoms with Gasteiger partial charge in [0, 0.05) is 35.8 Å². The molecule has 1 fully saturated rings. The second-order valence-corrected chi connectivity index (χ2v) is 8.82. The van der Waals surface area contributed by atoms with Gasteiger partial charge in [0.05, 0.1) is 5.56 Å². The first-order valence-electron chi connectivity index (χ1n) is 11.4. The van der Waals surface area contributed by atoms with E-state index in [9.17, 15) is 4.79 Å². The Labute approximate surface area is 185 Å². The van der Waals surface area contributed by atoms with Gasteiger partial charge < -0.3 is 9.88 Å². The summed E-state index contributed by atoms with van der Waals surface area (Å²) in [4.78, 5) is 27.3. The molecule has 1 aliphatic carbocycles. The highest BCUT2D eigenvalue weighted by Crippen LogP contribution is 2.38. The summed E-state index contributed by atoms with van der Waals surface area (Å²) in [5.41, 5.74) is 4.54. The first-order chi connectivity index (χ1) is 15.7. The number of nitrogens with zero attached hydrogens (tertiary/aromatic N) is 5. The number of pyridine rings is 1. The van der Waals surface area contributed by atoms with Crippen molar-refractivity contribution >= 4 is 22.8 Å². The van der Waals surface area contributed by atoms with E-state index in [1.165, 1.54) is 19.3 Å². The number of hydrogen-bond acceptors (Lipinski definition) is 5. The fraction of sp³-hybridized carbons (Fsp3) is 0.375. The number of nitrogens with one attached hydrogen (secondary N) is 2. The molecule has 1 amide bonds. The minimum absolute atomic E-state index is 0.171. The largest absolute Gasteiger partial charge is 0.322 e. The van der Waals surface area contributed by atoms with E-state index in [-0.39, 0.29) is 5.91 Å². The summed E-state index contributed by atoms with van der Waals surface area (Å²) in [5.74, 6) is 3.05. The molecule has 8 nitrogen and oxygen atoms in total. The Morgan fingerprint density at radius 3 is 2.75 bits per heavy atom. The Morgan fingerprint density at radius 1 is 1.09 bits per heavy atom. The Balaban J connectivity index is 1.26. The van der Waals surface area contributed by atoms with Crippen molar-refractivity contribution in [3.63, 3.8) is 0 Å². The molecule has 6 rings (SSSR count). The molecule has 0 unspecified atom stereocenters. The highest BCUT2D eigenvalue weighted by Gasteiger charge is 2.27. The SMILES string of the molecule is Cc1cc(C(=O)Nc2ccc(-c3n[nH]c(C4CC4)n3)cc2)c2nc3n(c2n1)CCCCC3. The molecule has 2 aliphatic rings. The monoisotopic (exact) mass is 427 g/mol. The van der Waals surface area contributed by atoms with Crippen molar-refractivity contribution in [2.45, 2.75) is 57.9 Å². The van der Waals surface area contributed by atoms with Crippen LogP contribution in [0.25, 0.3) is 22.6 Å². The highest BCUT2D eigenvalue weighted by molar-refractivity contribution is 6.11. The fourth-order valence-electron chi connectivity index (χ4n) is 4.43. The number of imidazole rings is 1. The van der Waals surface area contributed by atoms with Crippen LogP contribution in [-0.2, 0) is 13.0 Å². The highest BCUT2D eigenvalue weighted by atomic mass is 16.1. The van der Waals surface area contributed by atoms with E-state index in [1.807, 2.05) is 37.3 Å². The molecule has 0 radical (unpaired) electrons. The Kier molecular flexibility index (Phi) is 4.52. The van der Waals surface area contributed by atoms with Gasteiger partial charge in [0.15, 0.2) is 11.5 Å². The maximum Gasteiger partial charge on any atom is 0.258 e. The van der Waals surface area contributed by atoms with Crippen molar-refractivity contribution in [1.82, 2.24) is 29.7 Å². The molecule has 4 aromatic rings. The number of H-pyrrole nitrogens is 1. The van der Waals surface area contributed by atoms with Gasteiger partial charge in [0.1, 0.15) is 17.2 Å². The number of hydrogen-bond donors (Lipinski definition) is 2. The molecule has 1 saturated carbocycles. The van der Waals surface area contributed by atoms with Crippen LogP contribution in [0.4, 0.5) is 5.69 Å². The lowest BCUT2D eigenvalue weighted by atomic mass is 10.1. The number of aryl methyl sites for hydroxylation is 3. The van der Waals surface area contributed by atoms with E-state index >= 15 is 0 Å². The number of carbonyl (C=O) groups is 1. The predicted octanol–water partition coefficient (Wildman–Crippen LogP) is 4.38. The average molecular weight is 428 g/mol. The maximum atomic E-state index is 13.2. The minimum atomic E-state index is -0.171. The van der Waals surface area contributed by atoms with Gasteiger partial charge in [-0.25, -0.2) is 15.0 Å². The second kappa shape index (κ2) is 7.55. The van der Waals surface area contributed by atoms with Gasteiger partial charge in [0.25, 0.3) is 5.91 Å². The van der Waals surface area contributed by atoms with Gasteiger partial charge in [-0.1, -0.05) is 6.42 Å². The molecule has 1 aromatic carbocycles. The molecular weight excluding hydrogens is 402 g/mol. The van der Waals surface area contributed by atoms with E-state index in [0.29, 0.717) is 22.8 Å². The van der Waals surface area contributed by atoms with E-state index < -0.39 is 0 Å². The molecule has 8 heteroatoms. The summed E-state index contributed by atoms with van der Waals surface area (Å²) in [6.45, 7) is 2.84. The number of aromatic amines is 1. The van der Waals surface area contributed by atoms with Crippen LogP contribution in [0.5, 0.6) is 0 Å². The molecule has 3 aromatic heterocycles. The van der Waals surface area contributed by atoms with Gasteiger partial charge >= 0.3 is 0 Å². The fourth-order valence-corrected chi connectivity index (χ4v) is 4.43. The molecule has 0 saturated heterocycles. The Morgan fingerprint density at radius 2 is 1.94 bits per heavy atom. The molecule has 2 N–H and O–H groups in total. The van der Waals surface area contributed by atoms with Crippen LogP contribution in [0.2, 0.25) is 0 Å². The van der Waals surface area contributed by atoms with Gasteiger partial charge in [-0.2, -0.15) is 5.10 Å². The summed E-state index contributed by atoms with van der Waals surface area (Å²) in [5, 5.41) is 10.4. The summed E-state index contributed by atoms with van der Waals surface area (Å²) in [6, 6.07) is 9.46. The van der Waals surface area contributed by atoms with Crippen molar-refractivity contribution in [2.75, 3.05) is 5.32 Å². The normalized spacial score (nSPS) is 16.0. The van der Waals surface area contributed by atoms with E-state index in [4.69, 9.17) is 9.97 Å². The third-order valence-electron chi connectivity index (χ3n) is 6.30. The zero-order chi connectivity index (χ0) is 21.7. The van der Waals surface area contributed by atoms with E-state index in [2.05, 4.69) is 25.1 Å². The molecule has 162 valence electrons. The topological polar surface area (TPSA) is 101 Å². The average Bonchev–Trinajstić information content (AvgIpc) is 3.50. The molecule has 1 aliphatic heterocycles. The summed E-state index contributed by atoms with van der Waals surface area (Å²) < 4.78 is 2.19. The summed E-state index contributed by atoms with van der Waals surface area (Å²) >= 11 is 0. The van der Waals surface area contributed by atoms with E-state index in [1.54, 1.807) is 0 Å². The third-order valence-corrected chi connectivity index (χ3v) is 6.30. The van der Waals surface area contributed by atoms with Crippen molar-refractivity contribution < 1.29 is 4.79 Å². The number of anilines is 1. The minimum Gasteiger partial charge on any atom is -0.322 e. The lowest BCUT2D eigenvalue weighted by Gasteiger charge is -2.08. The molecule has 32 heavy (non-hydrogen) atoms. The predicted molar refractivity (Wildman–Crippen MR) is 122 cm³/mol. The van der Waals surface area contributed by atoms with Crippen LogP contribution in [0, 0.1) is 6.92 Å². The van der Waals surface area contributed by atoms with Crippen LogP contribution >= 0.6 is 0 Å². The third kappa shape index (κ3) is 3.45. The Bertz CT molecular complexity index is 1310. The first kappa shape index (κ1) is 19.2. The zero-order valence-electron chi connectivity index (χ0n) is 18.1. The van der Waals surface area contributed by atoms with Crippen molar-refractivity contribution in [3.8, 4) is 11.4 Å². The number of rotatable bonds is 4.